The highest BCUT2D eigenvalue weighted by atomic mass is 16.7. The van der Waals surface area contributed by atoms with Gasteiger partial charge in [-0.15, -0.1) is 0 Å². The van der Waals surface area contributed by atoms with E-state index in [0.29, 0.717) is 12.8 Å². The SMILES string of the molecule is O=C=Nc1ccc(NC(=O)OCC(C(=O)O)N(CCN(CC(=O)O)C[C@@H]2CCC[C@@H](OC(=O)O)N2CC(=O)O)CC(=O)O)cc1. The minimum Gasteiger partial charge on any atom is -0.480 e. The maximum absolute atomic E-state index is 12.3. The molecule has 1 aliphatic heterocycles. The minimum absolute atomic E-state index is 0.0897. The number of aliphatic carboxylic acids is 4. The first-order valence-electron chi connectivity index (χ1n) is 13.4. The fourth-order valence-electron chi connectivity index (χ4n) is 4.75. The molecular formula is C26H33N5O14. The Morgan fingerprint density at radius 1 is 0.956 bits per heavy atom. The van der Waals surface area contributed by atoms with Crippen LogP contribution < -0.4 is 5.32 Å². The molecule has 1 heterocycles. The van der Waals surface area contributed by atoms with E-state index in [-0.39, 0.29) is 37.4 Å². The Labute approximate surface area is 255 Å². The van der Waals surface area contributed by atoms with Crippen molar-refractivity contribution < 1.29 is 68.6 Å². The van der Waals surface area contributed by atoms with E-state index in [9.17, 15) is 54.0 Å². The maximum Gasteiger partial charge on any atom is 0.507 e. The third-order valence-corrected chi connectivity index (χ3v) is 6.64. The lowest BCUT2D eigenvalue weighted by atomic mass is 10.00. The zero-order valence-electron chi connectivity index (χ0n) is 23.8. The molecule has 1 saturated heterocycles. The number of ether oxygens (including phenoxy) is 2. The fraction of sp³-hybridized carbons (Fsp3) is 0.500. The summed E-state index contributed by atoms with van der Waals surface area (Å²) in [5, 5.41) is 49.5. The number of isocyanates is 1. The van der Waals surface area contributed by atoms with Crippen molar-refractivity contribution in [1.29, 1.82) is 0 Å². The van der Waals surface area contributed by atoms with Crippen LogP contribution in [0.2, 0.25) is 0 Å². The van der Waals surface area contributed by atoms with Crippen LogP contribution in [-0.2, 0) is 33.4 Å². The second kappa shape index (κ2) is 17.9. The Hall–Kier alpha value is -5.10. The Morgan fingerprint density at radius 3 is 2.18 bits per heavy atom. The number of carboxylic acid groups (broad SMARTS) is 5. The van der Waals surface area contributed by atoms with Crippen molar-refractivity contribution in [3.63, 3.8) is 0 Å². The van der Waals surface area contributed by atoms with Crippen LogP contribution in [0, 0.1) is 0 Å². The van der Waals surface area contributed by atoms with Crippen LogP contribution in [-0.4, -0.2) is 147 Å². The van der Waals surface area contributed by atoms with Gasteiger partial charge >= 0.3 is 36.1 Å². The smallest absolute Gasteiger partial charge is 0.480 e. The van der Waals surface area contributed by atoms with Crippen molar-refractivity contribution in [2.45, 2.75) is 37.6 Å². The summed E-state index contributed by atoms with van der Waals surface area (Å²) in [6.07, 6.45) is -1.37. The summed E-state index contributed by atoms with van der Waals surface area (Å²) in [5.74, 6) is -5.49. The number of likely N-dealkylation sites (tertiary alicyclic amines) is 1. The zero-order valence-corrected chi connectivity index (χ0v) is 23.8. The fourth-order valence-corrected chi connectivity index (χ4v) is 4.75. The van der Waals surface area contributed by atoms with Crippen LogP contribution in [0.5, 0.6) is 0 Å². The highest BCUT2D eigenvalue weighted by Gasteiger charge is 2.36. The summed E-state index contributed by atoms with van der Waals surface area (Å²) in [4.78, 5) is 87.5. The average Bonchev–Trinajstić information content (AvgIpc) is 2.93. The van der Waals surface area contributed by atoms with E-state index in [4.69, 9.17) is 14.6 Å². The second-order valence-corrected chi connectivity index (χ2v) is 9.81. The van der Waals surface area contributed by atoms with Gasteiger partial charge < -0.3 is 35.0 Å². The van der Waals surface area contributed by atoms with Crippen LogP contribution in [0.25, 0.3) is 0 Å². The Morgan fingerprint density at radius 2 is 1.62 bits per heavy atom. The number of amides is 1. The van der Waals surface area contributed by atoms with Gasteiger partial charge in [0.1, 0.15) is 12.6 Å². The van der Waals surface area contributed by atoms with E-state index in [1.54, 1.807) is 0 Å². The van der Waals surface area contributed by atoms with Crippen molar-refractivity contribution in [3.8, 4) is 0 Å². The summed E-state index contributed by atoms with van der Waals surface area (Å²) in [6, 6.07) is 3.25. The van der Waals surface area contributed by atoms with Gasteiger partial charge in [0, 0.05) is 31.4 Å². The zero-order chi connectivity index (χ0) is 33.5. The molecule has 1 aromatic rings. The summed E-state index contributed by atoms with van der Waals surface area (Å²) in [6.45, 7) is -3.39. The Kier molecular flexibility index (Phi) is 14.3. The summed E-state index contributed by atoms with van der Waals surface area (Å²) in [5.41, 5.74) is 0.488. The highest BCUT2D eigenvalue weighted by molar-refractivity contribution is 5.85. The maximum atomic E-state index is 12.3. The van der Waals surface area contributed by atoms with Crippen molar-refractivity contribution in [2.75, 3.05) is 51.2 Å². The second-order valence-electron chi connectivity index (χ2n) is 9.81. The number of piperidine rings is 1. The number of anilines is 1. The minimum atomic E-state index is -1.66. The molecule has 3 atom stereocenters. The number of carbonyl (C=O) groups excluding carboxylic acids is 2. The molecule has 19 heteroatoms. The van der Waals surface area contributed by atoms with E-state index in [1.807, 2.05) is 0 Å². The van der Waals surface area contributed by atoms with Crippen LogP contribution in [0.4, 0.5) is 21.0 Å². The van der Waals surface area contributed by atoms with E-state index in [1.165, 1.54) is 40.1 Å². The number of hydrogen-bond acceptors (Lipinski definition) is 13. The largest absolute Gasteiger partial charge is 0.507 e. The topological polar surface area (TPSA) is 273 Å². The lowest BCUT2D eigenvalue weighted by Crippen LogP contribution is -2.56. The number of benzene rings is 1. The number of nitrogens with one attached hydrogen (secondary N) is 1. The van der Waals surface area contributed by atoms with E-state index >= 15 is 0 Å². The van der Waals surface area contributed by atoms with E-state index in [2.05, 4.69) is 10.3 Å². The van der Waals surface area contributed by atoms with Crippen LogP contribution >= 0.6 is 0 Å². The molecule has 6 N–H and O–H groups in total. The van der Waals surface area contributed by atoms with Crippen molar-refractivity contribution in [2.24, 2.45) is 4.99 Å². The predicted octanol–water partition coefficient (Wildman–Crippen LogP) is 0.389. The molecular weight excluding hydrogens is 606 g/mol. The first-order chi connectivity index (χ1) is 21.3. The summed E-state index contributed by atoms with van der Waals surface area (Å²) < 4.78 is 9.85. The van der Waals surface area contributed by atoms with Gasteiger partial charge in [-0.2, -0.15) is 4.99 Å². The molecule has 1 aromatic carbocycles. The number of rotatable bonds is 18. The molecule has 1 aliphatic rings. The predicted molar refractivity (Wildman–Crippen MR) is 149 cm³/mol. The Bertz CT molecular complexity index is 1270. The quantitative estimate of drug-likeness (QED) is 0.0719. The van der Waals surface area contributed by atoms with Gasteiger partial charge in [0.25, 0.3) is 0 Å². The molecule has 0 aromatic heterocycles. The van der Waals surface area contributed by atoms with Gasteiger partial charge in [0.15, 0.2) is 6.23 Å². The van der Waals surface area contributed by atoms with Crippen LogP contribution in [0.1, 0.15) is 19.3 Å². The van der Waals surface area contributed by atoms with Gasteiger partial charge in [-0.05, 0) is 43.5 Å². The standard InChI is InChI=1S/C26H33N5O14/c32-15-27-16-4-6-17(7-5-16)28-25(41)44-14-19(24(39)40)30(12-22(35)36)9-8-29(11-21(33)34)10-18-2-1-3-20(45-26(42)43)31(18)13-23(37)38/h4-7,18-20H,1-3,8-14H2,(H,28,41)(H,33,34)(H,35,36)(H,37,38)(H,39,40)(H,42,43)/t18-,19?,20+/m0/s1. The average molecular weight is 640 g/mol. The number of aliphatic imine (C=N–C) groups is 1. The van der Waals surface area contributed by atoms with Gasteiger partial charge in [0.05, 0.1) is 25.3 Å². The highest BCUT2D eigenvalue weighted by Crippen LogP contribution is 2.25. The van der Waals surface area contributed by atoms with Gasteiger partial charge in [-0.25, -0.2) is 14.4 Å². The monoisotopic (exact) mass is 639 g/mol. The molecule has 1 unspecified atom stereocenters. The molecule has 1 amide bonds. The molecule has 2 rings (SSSR count). The van der Waals surface area contributed by atoms with Gasteiger partial charge in [0.2, 0.25) is 6.08 Å². The molecule has 45 heavy (non-hydrogen) atoms. The van der Waals surface area contributed by atoms with Gasteiger partial charge in [-0.1, -0.05) is 0 Å². The lowest BCUT2D eigenvalue weighted by molar-refractivity contribution is -0.149. The molecule has 0 spiro atoms. The molecule has 0 aliphatic carbocycles. The molecule has 1 fully saturated rings. The van der Waals surface area contributed by atoms with Gasteiger partial charge in [-0.3, -0.25) is 39.2 Å². The molecule has 0 radical (unpaired) electrons. The summed E-state index contributed by atoms with van der Waals surface area (Å²) >= 11 is 0. The third kappa shape index (κ3) is 13.0. The number of hydrogen-bond donors (Lipinski definition) is 6. The van der Waals surface area contributed by atoms with Crippen molar-refractivity contribution in [1.82, 2.24) is 14.7 Å². The van der Waals surface area contributed by atoms with Crippen LogP contribution in [0.3, 0.4) is 0 Å². The normalized spacial score (nSPS) is 17.1. The first kappa shape index (κ1) is 36.1. The molecule has 0 bridgehead atoms. The number of carboxylic acids is 4. The summed E-state index contributed by atoms with van der Waals surface area (Å²) in [7, 11) is 0. The number of nitrogens with zero attached hydrogens (tertiary/aromatic N) is 4. The van der Waals surface area contributed by atoms with E-state index < -0.39 is 80.7 Å². The lowest BCUT2D eigenvalue weighted by Gasteiger charge is -2.42. The Balaban J connectivity index is 2.14. The molecule has 19 nitrogen and oxygen atoms in total. The molecule has 246 valence electrons. The first-order valence-corrected chi connectivity index (χ1v) is 13.4. The van der Waals surface area contributed by atoms with Crippen molar-refractivity contribution in [3.05, 3.63) is 24.3 Å². The third-order valence-electron chi connectivity index (χ3n) is 6.64. The molecule has 0 saturated carbocycles. The van der Waals surface area contributed by atoms with Crippen molar-refractivity contribution >= 4 is 53.6 Å². The van der Waals surface area contributed by atoms with E-state index in [0.717, 1.165) is 4.90 Å². The number of carbonyl (C=O) groups is 6. The van der Waals surface area contributed by atoms with Crippen LogP contribution in [0.15, 0.2) is 29.3 Å².